The van der Waals surface area contributed by atoms with E-state index >= 15 is 0 Å². The van der Waals surface area contributed by atoms with Gasteiger partial charge in [-0.25, -0.2) is 4.39 Å². The molecule has 1 fully saturated rings. The van der Waals surface area contributed by atoms with Crippen LogP contribution in [0.15, 0.2) is 22.7 Å². The van der Waals surface area contributed by atoms with Crippen molar-refractivity contribution in [3.05, 3.63) is 34.1 Å². The van der Waals surface area contributed by atoms with Crippen LogP contribution in [0.3, 0.4) is 0 Å². The molecule has 0 spiro atoms. The Morgan fingerprint density at radius 1 is 1.42 bits per heavy atom. The van der Waals surface area contributed by atoms with Crippen LogP contribution < -0.4 is 5.73 Å². The summed E-state index contributed by atoms with van der Waals surface area (Å²) in [5.74, 6) is -0.201. The highest BCUT2D eigenvalue weighted by Gasteiger charge is 2.38. The molecule has 1 aliphatic rings. The summed E-state index contributed by atoms with van der Waals surface area (Å²) in [6.07, 6.45) is 1.63. The van der Waals surface area contributed by atoms with E-state index in [2.05, 4.69) is 15.9 Å². The van der Waals surface area contributed by atoms with Crippen molar-refractivity contribution in [3.63, 3.8) is 0 Å². The number of halogens is 2. The predicted molar refractivity (Wildman–Crippen MR) is 74.4 cm³/mol. The van der Waals surface area contributed by atoms with Crippen molar-refractivity contribution < 1.29 is 13.9 Å². The van der Waals surface area contributed by atoms with Crippen LogP contribution in [0.1, 0.15) is 18.4 Å². The molecule has 1 aromatic carbocycles. The fourth-order valence-corrected chi connectivity index (χ4v) is 2.81. The molecular weight excluding hydrogens is 313 g/mol. The van der Waals surface area contributed by atoms with Gasteiger partial charge >= 0.3 is 0 Å². The highest BCUT2D eigenvalue weighted by Crippen LogP contribution is 2.32. The Balaban J connectivity index is 2.12. The van der Waals surface area contributed by atoms with Crippen molar-refractivity contribution in [2.24, 2.45) is 11.1 Å². The van der Waals surface area contributed by atoms with Gasteiger partial charge in [-0.05, 0) is 46.5 Å². The zero-order chi connectivity index (χ0) is 13.9. The number of hydrogen-bond acceptors (Lipinski definition) is 3. The van der Waals surface area contributed by atoms with Crippen LogP contribution in [0, 0.1) is 11.2 Å². The zero-order valence-electron chi connectivity index (χ0n) is 10.6. The molecule has 1 heterocycles. The Kier molecular flexibility index (Phi) is 4.71. The molecule has 0 radical (unpaired) electrons. The average Bonchev–Trinajstić information content (AvgIpc) is 2.43. The molecule has 3 nitrogen and oxygen atoms in total. The van der Waals surface area contributed by atoms with Gasteiger partial charge in [-0.15, -0.1) is 0 Å². The summed E-state index contributed by atoms with van der Waals surface area (Å²) >= 11 is 3.13. The van der Waals surface area contributed by atoms with E-state index < -0.39 is 5.41 Å². The molecule has 0 atom stereocenters. The van der Waals surface area contributed by atoms with Gasteiger partial charge in [0, 0.05) is 31.6 Å². The molecule has 0 amide bonds. The smallest absolute Gasteiger partial charge is 0.144 e. The van der Waals surface area contributed by atoms with Gasteiger partial charge in [0.25, 0.3) is 0 Å². The minimum absolute atomic E-state index is 0.122. The third-order valence-corrected chi connectivity index (χ3v) is 4.39. The maximum atomic E-state index is 13.2. The normalized spacial score (nSPS) is 18.3. The van der Waals surface area contributed by atoms with Crippen LogP contribution in [0.4, 0.5) is 4.39 Å². The zero-order valence-corrected chi connectivity index (χ0v) is 12.2. The molecule has 1 aliphatic heterocycles. The number of benzene rings is 1. The summed E-state index contributed by atoms with van der Waals surface area (Å²) in [6.45, 7) is 1.50. The Morgan fingerprint density at radius 2 is 2.11 bits per heavy atom. The second kappa shape index (κ2) is 6.11. The van der Waals surface area contributed by atoms with Crippen molar-refractivity contribution in [1.82, 2.24) is 0 Å². The largest absolute Gasteiger partial charge is 0.381 e. The maximum absolute atomic E-state index is 13.2. The third-order valence-electron chi connectivity index (χ3n) is 3.78. The SMILES string of the molecule is NCC1(C(=O)Cc2ccc(F)c(Br)c2)CCOCC1. The first kappa shape index (κ1) is 14.6. The summed E-state index contributed by atoms with van der Waals surface area (Å²) in [6, 6.07) is 4.66. The molecule has 0 unspecified atom stereocenters. The number of ketones is 1. The van der Waals surface area contributed by atoms with E-state index in [0.717, 1.165) is 5.56 Å². The van der Waals surface area contributed by atoms with Crippen molar-refractivity contribution in [3.8, 4) is 0 Å². The lowest BCUT2D eigenvalue weighted by atomic mass is 9.74. The Hall–Kier alpha value is -0.780. The number of carbonyl (C=O) groups excluding carboxylic acids is 1. The number of carbonyl (C=O) groups is 1. The molecule has 1 aromatic rings. The van der Waals surface area contributed by atoms with E-state index in [1.807, 2.05) is 0 Å². The van der Waals surface area contributed by atoms with Gasteiger partial charge in [0.05, 0.1) is 4.47 Å². The van der Waals surface area contributed by atoms with Crippen LogP contribution in [0.25, 0.3) is 0 Å². The molecular formula is C14H17BrFNO2. The summed E-state index contributed by atoms with van der Waals surface area (Å²) in [4.78, 5) is 12.5. The van der Waals surface area contributed by atoms with Crippen molar-refractivity contribution in [2.75, 3.05) is 19.8 Å². The predicted octanol–water partition coefficient (Wildman–Crippen LogP) is 2.46. The lowest BCUT2D eigenvalue weighted by Crippen LogP contribution is -2.44. The number of nitrogens with two attached hydrogens (primary N) is 1. The van der Waals surface area contributed by atoms with Gasteiger partial charge in [-0.3, -0.25) is 4.79 Å². The van der Waals surface area contributed by atoms with E-state index in [-0.39, 0.29) is 18.0 Å². The van der Waals surface area contributed by atoms with Crippen LogP contribution in [0.2, 0.25) is 0 Å². The molecule has 0 aromatic heterocycles. The van der Waals surface area contributed by atoms with Crippen molar-refractivity contribution in [1.29, 1.82) is 0 Å². The second-order valence-electron chi connectivity index (χ2n) is 4.95. The average molecular weight is 330 g/mol. The Bertz CT molecular complexity index is 473. The van der Waals surface area contributed by atoms with Crippen molar-refractivity contribution in [2.45, 2.75) is 19.3 Å². The molecule has 0 aliphatic carbocycles. The number of hydrogen-bond donors (Lipinski definition) is 1. The molecule has 5 heteroatoms. The molecule has 19 heavy (non-hydrogen) atoms. The standard InChI is InChI=1S/C14H17BrFNO2/c15-11-7-10(1-2-12(11)16)8-13(18)14(9-17)3-5-19-6-4-14/h1-2,7H,3-6,8-9,17H2. The topological polar surface area (TPSA) is 52.3 Å². The van der Waals surface area contributed by atoms with Gasteiger partial charge < -0.3 is 10.5 Å². The van der Waals surface area contributed by atoms with E-state index in [0.29, 0.717) is 37.1 Å². The Morgan fingerprint density at radius 3 is 2.68 bits per heavy atom. The van der Waals surface area contributed by atoms with Gasteiger partial charge in [-0.2, -0.15) is 0 Å². The number of ether oxygens (including phenoxy) is 1. The molecule has 0 bridgehead atoms. The molecule has 2 rings (SSSR count). The Labute approximate surface area is 120 Å². The quantitative estimate of drug-likeness (QED) is 0.923. The lowest BCUT2D eigenvalue weighted by molar-refractivity contribution is -0.132. The van der Waals surface area contributed by atoms with Crippen LogP contribution in [0.5, 0.6) is 0 Å². The first-order chi connectivity index (χ1) is 9.07. The lowest BCUT2D eigenvalue weighted by Gasteiger charge is -2.34. The van der Waals surface area contributed by atoms with Crippen LogP contribution >= 0.6 is 15.9 Å². The molecule has 0 saturated carbocycles. The molecule has 2 N–H and O–H groups in total. The maximum Gasteiger partial charge on any atom is 0.144 e. The van der Waals surface area contributed by atoms with Gasteiger partial charge in [0.15, 0.2) is 0 Å². The highest BCUT2D eigenvalue weighted by atomic mass is 79.9. The minimum Gasteiger partial charge on any atom is -0.381 e. The highest BCUT2D eigenvalue weighted by molar-refractivity contribution is 9.10. The number of rotatable bonds is 4. The summed E-state index contributed by atoms with van der Waals surface area (Å²) < 4.78 is 18.8. The van der Waals surface area contributed by atoms with Gasteiger partial charge in [-0.1, -0.05) is 6.07 Å². The van der Waals surface area contributed by atoms with E-state index in [1.54, 1.807) is 12.1 Å². The number of Topliss-reactive ketones (excluding diaryl/α,β-unsaturated/α-hetero) is 1. The minimum atomic E-state index is -0.473. The van der Waals surface area contributed by atoms with Gasteiger partial charge in [0.2, 0.25) is 0 Å². The fraction of sp³-hybridized carbons (Fsp3) is 0.500. The van der Waals surface area contributed by atoms with Crippen molar-refractivity contribution >= 4 is 21.7 Å². The fourth-order valence-electron chi connectivity index (χ4n) is 2.38. The first-order valence-electron chi connectivity index (χ1n) is 6.32. The summed E-state index contributed by atoms with van der Waals surface area (Å²) in [5, 5.41) is 0. The molecule has 1 saturated heterocycles. The van der Waals surface area contributed by atoms with E-state index in [9.17, 15) is 9.18 Å². The summed E-state index contributed by atoms with van der Waals surface area (Å²) in [7, 11) is 0. The van der Waals surface area contributed by atoms with E-state index in [4.69, 9.17) is 10.5 Å². The second-order valence-corrected chi connectivity index (χ2v) is 5.80. The first-order valence-corrected chi connectivity index (χ1v) is 7.12. The van der Waals surface area contributed by atoms with Crippen LogP contribution in [-0.4, -0.2) is 25.5 Å². The van der Waals surface area contributed by atoms with E-state index in [1.165, 1.54) is 6.07 Å². The van der Waals surface area contributed by atoms with Crippen LogP contribution in [-0.2, 0) is 16.0 Å². The third kappa shape index (κ3) is 3.22. The summed E-state index contributed by atoms with van der Waals surface area (Å²) in [5.41, 5.74) is 6.13. The molecule has 104 valence electrons. The monoisotopic (exact) mass is 329 g/mol. The van der Waals surface area contributed by atoms with Gasteiger partial charge in [0.1, 0.15) is 11.6 Å².